The van der Waals surface area contributed by atoms with Crippen LogP contribution in [0, 0.1) is 6.92 Å². The van der Waals surface area contributed by atoms with Crippen molar-refractivity contribution in [3.63, 3.8) is 0 Å². The van der Waals surface area contributed by atoms with Crippen molar-refractivity contribution in [1.82, 2.24) is 9.47 Å². The molecule has 5 heteroatoms. The summed E-state index contributed by atoms with van der Waals surface area (Å²) in [5.74, 6) is 0.444. The van der Waals surface area contributed by atoms with Crippen molar-refractivity contribution < 1.29 is 9.47 Å². The minimum atomic E-state index is -0.0569. The quantitative estimate of drug-likeness (QED) is 0.104. The molecule has 0 amide bonds. The first-order valence-electron chi connectivity index (χ1n) is 17.1. The Labute approximate surface area is 258 Å². The minimum absolute atomic E-state index is 0.0569. The molecule has 0 saturated carbocycles. The largest absolute Gasteiger partial charge is 0.488 e. The van der Waals surface area contributed by atoms with Gasteiger partial charge in [-0.2, -0.15) is 0 Å². The Bertz CT molecular complexity index is 983. The summed E-state index contributed by atoms with van der Waals surface area (Å²) in [6, 6.07) is 10.2. The van der Waals surface area contributed by atoms with Gasteiger partial charge in [0.05, 0.1) is 19.4 Å². The summed E-state index contributed by atoms with van der Waals surface area (Å²) in [6.07, 6.45) is 24.4. The molecule has 0 atom stereocenters. The van der Waals surface area contributed by atoms with Gasteiger partial charge in [0.25, 0.3) is 0 Å². The summed E-state index contributed by atoms with van der Waals surface area (Å²) in [6.45, 7) is 7.75. The molecule has 0 saturated heterocycles. The lowest BCUT2D eigenvalue weighted by atomic mass is 10.0. The summed E-state index contributed by atoms with van der Waals surface area (Å²) in [5, 5.41) is 0. The maximum absolute atomic E-state index is 12.9. The zero-order chi connectivity index (χ0) is 30.3. The lowest BCUT2D eigenvalue weighted by Crippen LogP contribution is -2.18. The fourth-order valence-electron chi connectivity index (χ4n) is 5.36. The van der Waals surface area contributed by atoms with E-state index in [-0.39, 0.29) is 5.43 Å². The summed E-state index contributed by atoms with van der Waals surface area (Å²) in [7, 11) is 4.13. The summed E-state index contributed by atoms with van der Waals surface area (Å²) in [5.41, 5.74) is 3.27. The van der Waals surface area contributed by atoms with Gasteiger partial charge >= 0.3 is 0 Å². The molecule has 0 aliphatic carbocycles. The fraction of sp³-hybridized carbons (Fsp3) is 0.703. The van der Waals surface area contributed by atoms with Crippen LogP contribution in [0.1, 0.15) is 133 Å². The first kappa shape index (κ1) is 36.1. The van der Waals surface area contributed by atoms with Gasteiger partial charge in [-0.05, 0) is 46.0 Å². The van der Waals surface area contributed by atoms with E-state index in [9.17, 15) is 4.79 Å². The van der Waals surface area contributed by atoms with Crippen LogP contribution >= 0.6 is 0 Å². The van der Waals surface area contributed by atoms with Gasteiger partial charge in [0.15, 0.2) is 5.75 Å². The lowest BCUT2D eigenvalue weighted by Gasteiger charge is -2.17. The average molecular weight is 583 g/mol. The molecule has 0 spiro atoms. The van der Waals surface area contributed by atoms with Crippen molar-refractivity contribution in [3.8, 4) is 5.75 Å². The minimum Gasteiger partial charge on any atom is -0.488 e. The molecule has 42 heavy (non-hydrogen) atoms. The van der Waals surface area contributed by atoms with Crippen LogP contribution in [0.3, 0.4) is 0 Å². The van der Waals surface area contributed by atoms with Crippen molar-refractivity contribution in [2.24, 2.45) is 0 Å². The number of hydrogen-bond acceptors (Lipinski definition) is 4. The third-order valence-corrected chi connectivity index (χ3v) is 8.06. The second kappa shape index (κ2) is 23.4. The third-order valence-electron chi connectivity index (χ3n) is 8.06. The highest BCUT2D eigenvalue weighted by Gasteiger charge is 2.10. The topological polar surface area (TPSA) is 43.7 Å². The van der Waals surface area contributed by atoms with Crippen molar-refractivity contribution in [2.75, 3.05) is 33.9 Å². The zero-order valence-corrected chi connectivity index (χ0v) is 27.6. The normalized spacial score (nSPS) is 11.5. The first-order valence-corrected chi connectivity index (χ1v) is 17.1. The predicted octanol–water partition coefficient (Wildman–Crippen LogP) is 9.31. The maximum Gasteiger partial charge on any atom is 0.223 e. The predicted molar refractivity (Wildman–Crippen MR) is 179 cm³/mol. The summed E-state index contributed by atoms with van der Waals surface area (Å²) in [4.78, 5) is 15.0. The standard InChI is InChI=1S/C37H62N2O3/c1-5-6-7-8-9-10-11-12-13-14-15-16-17-18-19-20-28-42-37-31-39(30-34-24-22-33(2)23-25-34)35(29-36(37)40)32-41-27-21-26-38(3)4/h22-25,29,31H,5-21,26-28,30,32H2,1-4H3. The lowest BCUT2D eigenvalue weighted by molar-refractivity contribution is 0.108. The molecule has 0 N–H and O–H groups in total. The van der Waals surface area contributed by atoms with Crippen LogP contribution in [0.5, 0.6) is 5.75 Å². The molecule has 238 valence electrons. The number of unbranched alkanes of at least 4 members (excludes halogenated alkanes) is 15. The molecule has 0 bridgehead atoms. The number of ether oxygens (including phenoxy) is 2. The Morgan fingerprint density at radius 3 is 1.81 bits per heavy atom. The van der Waals surface area contributed by atoms with Crippen LogP contribution in [0.25, 0.3) is 0 Å². The highest BCUT2D eigenvalue weighted by Crippen LogP contribution is 2.16. The summed E-state index contributed by atoms with van der Waals surface area (Å²) >= 11 is 0. The molecule has 1 aromatic carbocycles. The first-order chi connectivity index (χ1) is 20.5. The fourth-order valence-corrected chi connectivity index (χ4v) is 5.36. The Morgan fingerprint density at radius 2 is 1.26 bits per heavy atom. The number of nitrogens with zero attached hydrogens (tertiary/aromatic N) is 2. The monoisotopic (exact) mass is 582 g/mol. The van der Waals surface area contributed by atoms with Gasteiger partial charge in [-0.15, -0.1) is 0 Å². The van der Waals surface area contributed by atoms with Crippen molar-refractivity contribution in [2.45, 2.75) is 136 Å². The van der Waals surface area contributed by atoms with Gasteiger partial charge in [0, 0.05) is 24.9 Å². The second-order valence-electron chi connectivity index (χ2n) is 12.5. The second-order valence-corrected chi connectivity index (χ2v) is 12.5. The van der Waals surface area contributed by atoms with E-state index < -0.39 is 0 Å². The highest BCUT2D eigenvalue weighted by atomic mass is 16.5. The Morgan fingerprint density at radius 1 is 0.714 bits per heavy atom. The van der Waals surface area contributed by atoms with Gasteiger partial charge in [0.2, 0.25) is 5.43 Å². The number of hydrogen-bond donors (Lipinski definition) is 0. The molecule has 1 aromatic heterocycles. The molecular formula is C37H62N2O3. The third kappa shape index (κ3) is 17.1. The molecule has 0 aliphatic heterocycles. The van der Waals surface area contributed by atoms with Crippen LogP contribution in [-0.4, -0.2) is 43.3 Å². The van der Waals surface area contributed by atoms with E-state index in [1.54, 1.807) is 6.07 Å². The number of rotatable bonds is 26. The molecule has 0 radical (unpaired) electrons. The van der Waals surface area contributed by atoms with E-state index in [4.69, 9.17) is 9.47 Å². The van der Waals surface area contributed by atoms with E-state index in [1.165, 1.54) is 101 Å². The number of benzene rings is 1. The Hall–Kier alpha value is -2.11. The smallest absolute Gasteiger partial charge is 0.223 e. The number of aryl methyl sites for hydroxylation is 1. The van der Waals surface area contributed by atoms with Crippen molar-refractivity contribution in [3.05, 3.63) is 63.6 Å². The molecule has 0 aliphatic rings. The summed E-state index contributed by atoms with van der Waals surface area (Å²) < 4.78 is 14.0. The number of pyridine rings is 1. The highest BCUT2D eigenvalue weighted by molar-refractivity contribution is 5.25. The van der Waals surface area contributed by atoms with E-state index in [1.807, 2.05) is 6.20 Å². The molecule has 2 aromatic rings. The molecule has 1 heterocycles. The van der Waals surface area contributed by atoms with E-state index in [0.29, 0.717) is 32.1 Å². The van der Waals surface area contributed by atoms with Crippen molar-refractivity contribution >= 4 is 0 Å². The van der Waals surface area contributed by atoms with Crippen LogP contribution in [0.2, 0.25) is 0 Å². The van der Waals surface area contributed by atoms with E-state index in [0.717, 1.165) is 31.5 Å². The van der Waals surface area contributed by atoms with Crippen LogP contribution in [-0.2, 0) is 17.9 Å². The molecule has 0 unspecified atom stereocenters. The van der Waals surface area contributed by atoms with E-state index >= 15 is 0 Å². The van der Waals surface area contributed by atoms with Crippen LogP contribution in [0.15, 0.2) is 41.3 Å². The van der Waals surface area contributed by atoms with Gasteiger partial charge in [-0.25, -0.2) is 0 Å². The number of aromatic nitrogens is 1. The van der Waals surface area contributed by atoms with Crippen LogP contribution in [0.4, 0.5) is 0 Å². The molecular weight excluding hydrogens is 520 g/mol. The molecule has 0 fully saturated rings. The van der Waals surface area contributed by atoms with Crippen LogP contribution < -0.4 is 10.2 Å². The molecule has 5 nitrogen and oxygen atoms in total. The van der Waals surface area contributed by atoms with Gasteiger partial charge < -0.3 is 18.9 Å². The maximum atomic E-state index is 12.9. The molecule has 2 rings (SSSR count). The van der Waals surface area contributed by atoms with Gasteiger partial charge in [-0.3, -0.25) is 4.79 Å². The van der Waals surface area contributed by atoms with E-state index in [2.05, 4.69) is 61.7 Å². The van der Waals surface area contributed by atoms with Crippen molar-refractivity contribution in [1.29, 1.82) is 0 Å². The zero-order valence-electron chi connectivity index (χ0n) is 27.6. The van der Waals surface area contributed by atoms with Gasteiger partial charge in [-0.1, -0.05) is 133 Å². The Balaban J connectivity index is 1.66. The average Bonchev–Trinajstić information content (AvgIpc) is 2.97. The SMILES string of the molecule is CCCCCCCCCCCCCCCCCCOc1cn(Cc2ccc(C)cc2)c(COCCCN(C)C)cc1=O. The Kier molecular flexibility index (Phi) is 20.1. The van der Waals surface area contributed by atoms with Gasteiger partial charge in [0.1, 0.15) is 0 Å².